The normalized spacial score (nSPS) is 30.9. The highest BCUT2D eigenvalue weighted by molar-refractivity contribution is 5.84. The predicted molar refractivity (Wildman–Crippen MR) is 61.3 cm³/mol. The molecule has 1 aromatic carbocycles. The Bertz CT molecular complexity index is 475. The summed E-state index contributed by atoms with van der Waals surface area (Å²) in [6, 6.07) is 8.00. The van der Waals surface area contributed by atoms with Gasteiger partial charge in [-0.1, -0.05) is 36.4 Å². The number of aliphatic carboxylic acids is 1. The van der Waals surface area contributed by atoms with Crippen molar-refractivity contribution in [2.75, 3.05) is 0 Å². The van der Waals surface area contributed by atoms with Crippen LogP contribution >= 0.6 is 0 Å². The van der Waals surface area contributed by atoms with Crippen LogP contribution in [0.2, 0.25) is 0 Å². The van der Waals surface area contributed by atoms with Crippen molar-refractivity contribution in [2.24, 2.45) is 5.92 Å². The zero-order valence-corrected chi connectivity index (χ0v) is 9.02. The van der Waals surface area contributed by atoms with Gasteiger partial charge in [0, 0.05) is 0 Å². The first-order valence-corrected chi connectivity index (χ1v) is 5.72. The molecule has 0 radical (unpaired) electrons. The number of carboxylic acids is 1. The Kier molecular flexibility index (Phi) is 1.93. The maximum absolute atomic E-state index is 11.7. The lowest BCUT2D eigenvalue weighted by Crippen LogP contribution is -2.41. The molecule has 0 amide bonds. The molecule has 2 heteroatoms. The standard InChI is InChI=1S/C14H14O2/c15-13(16)14-8-4-3-6-11(14)9-10-5-1-2-7-12(10)14/h1-5,7,11H,6,8-9H2,(H,15,16)/t11-,14-/m0/s1. The van der Waals surface area contributed by atoms with E-state index in [1.54, 1.807) is 0 Å². The van der Waals surface area contributed by atoms with Crippen LogP contribution in [0.4, 0.5) is 0 Å². The summed E-state index contributed by atoms with van der Waals surface area (Å²) in [7, 11) is 0. The fraction of sp³-hybridized carbons (Fsp3) is 0.357. The van der Waals surface area contributed by atoms with Crippen molar-refractivity contribution in [1.82, 2.24) is 0 Å². The van der Waals surface area contributed by atoms with Crippen LogP contribution in [0.15, 0.2) is 36.4 Å². The molecular formula is C14H14O2. The SMILES string of the molecule is O=C(O)[C@@]12CC=CC[C@H]1Cc1ccccc12. The first kappa shape index (κ1) is 9.64. The smallest absolute Gasteiger partial charge is 0.314 e. The van der Waals surface area contributed by atoms with E-state index in [2.05, 4.69) is 12.1 Å². The molecule has 16 heavy (non-hydrogen) atoms. The third-order valence-corrected chi connectivity index (χ3v) is 4.07. The molecule has 1 N–H and O–H groups in total. The summed E-state index contributed by atoms with van der Waals surface area (Å²) in [5, 5.41) is 9.61. The van der Waals surface area contributed by atoms with E-state index in [9.17, 15) is 9.90 Å². The molecule has 2 atom stereocenters. The molecule has 0 aromatic heterocycles. The van der Waals surface area contributed by atoms with E-state index in [0.29, 0.717) is 6.42 Å². The second kappa shape index (κ2) is 3.21. The monoisotopic (exact) mass is 214 g/mol. The molecule has 2 nitrogen and oxygen atoms in total. The highest BCUT2D eigenvalue weighted by Gasteiger charge is 2.52. The maximum Gasteiger partial charge on any atom is 0.314 e. The van der Waals surface area contributed by atoms with E-state index < -0.39 is 11.4 Å². The zero-order valence-electron chi connectivity index (χ0n) is 9.02. The van der Waals surface area contributed by atoms with Gasteiger partial charge in [0.1, 0.15) is 0 Å². The fourth-order valence-electron chi connectivity index (χ4n) is 3.26. The van der Waals surface area contributed by atoms with Crippen LogP contribution in [0.1, 0.15) is 24.0 Å². The molecule has 0 fully saturated rings. The van der Waals surface area contributed by atoms with Gasteiger partial charge in [-0.05, 0) is 36.3 Å². The number of hydrogen-bond acceptors (Lipinski definition) is 1. The lowest BCUT2D eigenvalue weighted by molar-refractivity contribution is -0.145. The number of fused-ring (bicyclic) bond motifs is 3. The minimum atomic E-state index is -0.660. The van der Waals surface area contributed by atoms with Crippen molar-refractivity contribution in [3.63, 3.8) is 0 Å². The molecule has 0 spiro atoms. The van der Waals surface area contributed by atoms with Crippen LogP contribution < -0.4 is 0 Å². The second-order valence-corrected chi connectivity index (χ2v) is 4.75. The van der Waals surface area contributed by atoms with Crippen LogP contribution in [0, 0.1) is 5.92 Å². The van der Waals surface area contributed by atoms with Gasteiger partial charge >= 0.3 is 5.97 Å². The summed E-state index contributed by atoms with van der Waals surface area (Å²) in [5.74, 6) is -0.417. The molecule has 0 bridgehead atoms. The highest BCUT2D eigenvalue weighted by Crippen LogP contribution is 2.49. The van der Waals surface area contributed by atoms with Crippen molar-refractivity contribution in [2.45, 2.75) is 24.7 Å². The lowest BCUT2D eigenvalue weighted by atomic mass is 9.68. The number of benzene rings is 1. The fourth-order valence-corrected chi connectivity index (χ4v) is 3.26. The topological polar surface area (TPSA) is 37.3 Å². The van der Waals surface area contributed by atoms with Gasteiger partial charge in [0.05, 0.1) is 5.41 Å². The zero-order chi connectivity index (χ0) is 11.2. The first-order valence-electron chi connectivity index (χ1n) is 5.72. The number of carbonyl (C=O) groups is 1. The molecule has 2 aliphatic rings. The Morgan fingerprint density at radius 3 is 2.94 bits per heavy atom. The molecule has 0 heterocycles. The highest BCUT2D eigenvalue weighted by atomic mass is 16.4. The van der Waals surface area contributed by atoms with Gasteiger partial charge in [0.15, 0.2) is 0 Å². The Hall–Kier alpha value is -1.57. The van der Waals surface area contributed by atoms with Gasteiger partial charge in [0.25, 0.3) is 0 Å². The van der Waals surface area contributed by atoms with Gasteiger partial charge in [-0.2, -0.15) is 0 Å². The molecule has 0 aliphatic heterocycles. The number of allylic oxidation sites excluding steroid dienone is 2. The van der Waals surface area contributed by atoms with Crippen LogP contribution in [0.5, 0.6) is 0 Å². The summed E-state index contributed by atoms with van der Waals surface area (Å²) in [5.41, 5.74) is 1.61. The molecule has 2 aliphatic carbocycles. The van der Waals surface area contributed by atoms with E-state index in [1.807, 2.05) is 24.3 Å². The van der Waals surface area contributed by atoms with Gasteiger partial charge in [-0.3, -0.25) is 4.79 Å². The molecule has 1 aromatic rings. The summed E-state index contributed by atoms with van der Waals surface area (Å²) >= 11 is 0. The van der Waals surface area contributed by atoms with Gasteiger partial charge in [0.2, 0.25) is 0 Å². The molecule has 0 unspecified atom stereocenters. The Morgan fingerprint density at radius 1 is 1.31 bits per heavy atom. The van der Waals surface area contributed by atoms with E-state index in [1.165, 1.54) is 5.56 Å². The Labute approximate surface area is 94.6 Å². The third kappa shape index (κ3) is 1.04. The summed E-state index contributed by atoms with van der Waals surface area (Å²) in [6.07, 6.45) is 6.59. The van der Waals surface area contributed by atoms with Crippen molar-refractivity contribution >= 4 is 5.97 Å². The summed E-state index contributed by atoms with van der Waals surface area (Å²) in [4.78, 5) is 11.7. The van der Waals surface area contributed by atoms with Crippen molar-refractivity contribution in [3.05, 3.63) is 47.5 Å². The quantitative estimate of drug-likeness (QED) is 0.729. The van der Waals surface area contributed by atoms with Crippen LogP contribution in [0.3, 0.4) is 0 Å². The molecule has 3 rings (SSSR count). The Morgan fingerprint density at radius 2 is 2.12 bits per heavy atom. The van der Waals surface area contributed by atoms with Gasteiger partial charge in [-0.15, -0.1) is 0 Å². The minimum absolute atomic E-state index is 0.243. The largest absolute Gasteiger partial charge is 0.481 e. The third-order valence-electron chi connectivity index (χ3n) is 4.07. The lowest BCUT2D eigenvalue weighted by Gasteiger charge is -2.33. The van der Waals surface area contributed by atoms with Gasteiger partial charge < -0.3 is 5.11 Å². The molecule has 82 valence electrons. The maximum atomic E-state index is 11.7. The van der Waals surface area contributed by atoms with E-state index >= 15 is 0 Å². The van der Waals surface area contributed by atoms with Crippen LogP contribution in [-0.4, -0.2) is 11.1 Å². The number of carboxylic acid groups (broad SMARTS) is 1. The summed E-state index contributed by atoms with van der Waals surface area (Å²) in [6.45, 7) is 0. The Balaban J connectivity index is 2.21. The van der Waals surface area contributed by atoms with E-state index in [4.69, 9.17) is 0 Å². The minimum Gasteiger partial charge on any atom is -0.481 e. The van der Waals surface area contributed by atoms with Gasteiger partial charge in [-0.25, -0.2) is 0 Å². The number of rotatable bonds is 1. The molecule has 0 saturated heterocycles. The predicted octanol–water partition coefficient (Wildman–Crippen LogP) is 2.53. The van der Waals surface area contributed by atoms with Crippen LogP contribution in [0.25, 0.3) is 0 Å². The second-order valence-electron chi connectivity index (χ2n) is 4.75. The first-order chi connectivity index (χ1) is 7.75. The average Bonchev–Trinajstić information content (AvgIpc) is 2.64. The van der Waals surface area contributed by atoms with Crippen molar-refractivity contribution < 1.29 is 9.90 Å². The number of hydrogen-bond donors (Lipinski definition) is 1. The van der Waals surface area contributed by atoms with E-state index in [0.717, 1.165) is 18.4 Å². The average molecular weight is 214 g/mol. The molecular weight excluding hydrogens is 200 g/mol. The van der Waals surface area contributed by atoms with Crippen LogP contribution in [-0.2, 0) is 16.6 Å². The van der Waals surface area contributed by atoms with Crippen molar-refractivity contribution in [1.29, 1.82) is 0 Å². The summed E-state index contributed by atoms with van der Waals surface area (Å²) < 4.78 is 0. The van der Waals surface area contributed by atoms with Crippen molar-refractivity contribution in [3.8, 4) is 0 Å². The van der Waals surface area contributed by atoms with E-state index in [-0.39, 0.29) is 5.92 Å². The molecule has 0 saturated carbocycles.